The molecule has 0 radical (unpaired) electrons. The van der Waals surface area contributed by atoms with Gasteiger partial charge in [-0.2, -0.15) is 0 Å². The number of rotatable bonds is 1. The standard InChI is InChI=1S/C8H7NOS/c1-6-3-5-11-8(6)7-2-4-10-9-7/h2-5H,1H3. The third-order valence-electron chi connectivity index (χ3n) is 1.53. The number of nitrogens with zero attached hydrogens (tertiary/aromatic N) is 1. The van der Waals surface area contributed by atoms with E-state index in [-0.39, 0.29) is 0 Å². The van der Waals surface area contributed by atoms with Gasteiger partial charge in [-0.1, -0.05) is 5.16 Å². The average Bonchev–Trinajstić information content (AvgIpc) is 2.55. The number of thiophene rings is 1. The average molecular weight is 165 g/mol. The fourth-order valence-electron chi connectivity index (χ4n) is 0.965. The van der Waals surface area contributed by atoms with Crippen LogP contribution in [0.2, 0.25) is 0 Å². The number of hydrogen-bond acceptors (Lipinski definition) is 3. The second-order valence-electron chi connectivity index (χ2n) is 2.32. The molecule has 0 saturated carbocycles. The van der Waals surface area contributed by atoms with Crippen molar-refractivity contribution in [1.82, 2.24) is 5.16 Å². The van der Waals surface area contributed by atoms with Gasteiger partial charge < -0.3 is 4.52 Å². The van der Waals surface area contributed by atoms with Gasteiger partial charge in [-0.15, -0.1) is 11.3 Å². The molecule has 0 bridgehead atoms. The first kappa shape index (κ1) is 6.61. The van der Waals surface area contributed by atoms with Crippen LogP contribution in [0.3, 0.4) is 0 Å². The van der Waals surface area contributed by atoms with Gasteiger partial charge in [-0.05, 0) is 23.9 Å². The van der Waals surface area contributed by atoms with Crippen LogP contribution in [0.4, 0.5) is 0 Å². The topological polar surface area (TPSA) is 26.0 Å². The molecule has 0 aliphatic carbocycles. The summed E-state index contributed by atoms with van der Waals surface area (Å²) in [6.07, 6.45) is 1.59. The quantitative estimate of drug-likeness (QED) is 0.649. The van der Waals surface area contributed by atoms with E-state index in [1.54, 1.807) is 17.6 Å². The van der Waals surface area contributed by atoms with Crippen molar-refractivity contribution in [1.29, 1.82) is 0 Å². The molecule has 0 aliphatic heterocycles. The summed E-state index contributed by atoms with van der Waals surface area (Å²) < 4.78 is 4.75. The molecule has 0 aliphatic rings. The second-order valence-corrected chi connectivity index (χ2v) is 3.23. The third kappa shape index (κ3) is 1.07. The molecule has 0 unspecified atom stereocenters. The van der Waals surface area contributed by atoms with Crippen molar-refractivity contribution in [2.24, 2.45) is 0 Å². The highest BCUT2D eigenvalue weighted by Gasteiger charge is 2.04. The maximum Gasteiger partial charge on any atom is 0.124 e. The van der Waals surface area contributed by atoms with Gasteiger partial charge in [0.05, 0.1) is 4.88 Å². The van der Waals surface area contributed by atoms with Crippen LogP contribution in [0, 0.1) is 6.92 Å². The fraction of sp³-hybridized carbons (Fsp3) is 0.125. The maximum absolute atomic E-state index is 4.75. The van der Waals surface area contributed by atoms with Gasteiger partial charge in [0.15, 0.2) is 0 Å². The van der Waals surface area contributed by atoms with E-state index in [9.17, 15) is 0 Å². The van der Waals surface area contributed by atoms with Gasteiger partial charge in [0.25, 0.3) is 0 Å². The van der Waals surface area contributed by atoms with Crippen LogP contribution < -0.4 is 0 Å². The second kappa shape index (κ2) is 2.51. The number of aryl methyl sites for hydroxylation is 1. The van der Waals surface area contributed by atoms with Crippen molar-refractivity contribution < 1.29 is 4.52 Å². The minimum atomic E-state index is 0.928. The first-order valence-electron chi connectivity index (χ1n) is 3.33. The van der Waals surface area contributed by atoms with Gasteiger partial charge in [-0.25, -0.2) is 0 Å². The first-order valence-corrected chi connectivity index (χ1v) is 4.21. The molecular formula is C8H7NOS. The number of aromatic nitrogens is 1. The molecule has 2 nitrogen and oxygen atoms in total. The monoisotopic (exact) mass is 165 g/mol. The summed E-state index contributed by atoms with van der Waals surface area (Å²) in [4.78, 5) is 1.19. The Labute approximate surface area is 68.5 Å². The fourth-order valence-corrected chi connectivity index (χ4v) is 1.85. The maximum atomic E-state index is 4.75. The Morgan fingerprint density at radius 1 is 1.45 bits per heavy atom. The van der Waals surface area contributed by atoms with Crippen LogP contribution in [0.1, 0.15) is 5.56 Å². The van der Waals surface area contributed by atoms with Crippen molar-refractivity contribution >= 4 is 11.3 Å². The van der Waals surface area contributed by atoms with Crippen LogP contribution in [0.15, 0.2) is 28.3 Å². The molecule has 56 valence electrons. The Balaban J connectivity index is 2.53. The molecule has 0 amide bonds. The highest BCUT2D eigenvalue weighted by atomic mass is 32.1. The Kier molecular flexibility index (Phi) is 1.51. The summed E-state index contributed by atoms with van der Waals surface area (Å²) in [6.45, 7) is 2.07. The third-order valence-corrected chi connectivity index (χ3v) is 2.57. The zero-order valence-electron chi connectivity index (χ0n) is 6.07. The molecule has 0 saturated heterocycles. The van der Waals surface area contributed by atoms with Crippen LogP contribution in [0.25, 0.3) is 10.6 Å². The molecule has 0 N–H and O–H groups in total. The summed E-state index contributed by atoms with van der Waals surface area (Å²) in [6, 6.07) is 3.95. The predicted molar refractivity (Wildman–Crippen MR) is 44.6 cm³/mol. The lowest BCUT2D eigenvalue weighted by Crippen LogP contribution is -1.72. The zero-order chi connectivity index (χ0) is 7.68. The van der Waals surface area contributed by atoms with E-state index in [1.807, 2.05) is 6.07 Å². The Hall–Kier alpha value is -1.09. The van der Waals surface area contributed by atoms with Gasteiger partial charge in [0.1, 0.15) is 12.0 Å². The molecule has 0 atom stereocenters. The van der Waals surface area contributed by atoms with E-state index in [0.717, 1.165) is 5.69 Å². The summed E-state index contributed by atoms with van der Waals surface area (Å²) in [5, 5.41) is 5.91. The lowest BCUT2D eigenvalue weighted by atomic mass is 10.2. The van der Waals surface area contributed by atoms with E-state index < -0.39 is 0 Å². The lowest BCUT2D eigenvalue weighted by molar-refractivity contribution is 0.422. The highest BCUT2D eigenvalue weighted by molar-refractivity contribution is 7.13. The molecular weight excluding hydrogens is 158 g/mol. The molecule has 3 heteroatoms. The van der Waals surface area contributed by atoms with Crippen LogP contribution in [-0.4, -0.2) is 5.16 Å². The predicted octanol–water partition coefficient (Wildman–Crippen LogP) is 2.71. The first-order chi connectivity index (χ1) is 5.38. The van der Waals surface area contributed by atoms with E-state index in [1.165, 1.54) is 10.4 Å². The Morgan fingerprint density at radius 2 is 2.36 bits per heavy atom. The van der Waals surface area contributed by atoms with Gasteiger partial charge in [0, 0.05) is 6.07 Å². The Bertz CT molecular complexity index is 337. The molecule has 2 heterocycles. The molecule has 2 aromatic heterocycles. The van der Waals surface area contributed by atoms with E-state index in [2.05, 4.69) is 23.5 Å². The molecule has 0 fully saturated rings. The molecule has 0 aromatic carbocycles. The van der Waals surface area contributed by atoms with Crippen molar-refractivity contribution in [3.8, 4) is 10.6 Å². The van der Waals surface area contributed by atoms with E-state index in [4.69, 9.17) is 4.52 Å². The molecule has 2 rings (SSSR count). The minimum Gasteiger partial charge on any atom is -0.364 e. The molecule has 0 spiro atoms. The zero-order valence-corrected chi connectivity index (χ0v) is 6.89. The largest absolute Gasteiger partial charge is 0.364 e. The van der Waals surface area contributed by atoms with E-state index >= 15 is 0 Å². The van der Waals surface area contributed by atoms with Crippen LogP contribution >= 0.6 is 11.3 Å². The van der Waals surface area contributed by atoms with Crippen molar-refractivity contribution in [2.75, 3.05) is 0 Å². The van der Waals surface area contributed by atoms with Crippen molar-refractivity contribution in [3.63, 3.8) is 0 Å². The van der Waals surface area contributed by atoms with Crippen LogP contribution in [-0.2, 0) is 0 Å². The normalized spacial score (nSPS) is 10.3. The summed E-state index contributed by atoms with van der Waals surface area (Å²) in [7, 11) is 0. The summed E-state index contributed by atoms with van der Waals surface area (Å²) >= 11 is 1.68. The van der Waals surface area contributed by atoms with Gasteiger partial charge in [-0.3, -0.25) is 0 Å². The molecule has 11 heavy (non-hydrogen) atoms. The highest BCUT2D eigenvalue weighted by Crippen LogP contribution is 2.26. The number of hydrogen-bond donors (Lipinski definition) is 0. The van der Waals surface area contributed by atoms with Crippen molar-refractivity contribution in [3.05, 3.63) is 29.3 Å². The SMILES string of the molecule is Cc1ccsc1-c1ccon1. The minimum absolute atomic E-state index is 0.928. The van der Waals surface area contributed by atoms with Gasteiger partial charge in [0.2, 0.25) is 0 Å². The smallest absolute Gasteiger partial charge is 0.124 e. The lowest BCUT2D eigenvalue weighted by Gasteiger charge is -1.89. The summed E-state index contributed by atoms with van der Waals surface area (Å²) in [5.41, 5.74) is 2.18. The Morgan fingerprint density at radius 3 is 2.91 bits per heavy atom. The van der Waals surface area contributed by atoms with Gasteiger partial charge >= 0.3 is 0 Å². The summed E-state index contributed by atoms with van der Waals surface area (Å²) in [5.74, 6) is 0. The van der Waals surface area contributed by atoms with Crippen LogP contribution in [0.5, 0.6) is 0 Å². The molecule has 2 aromatic rings. The van der Waals surface area contributed by atoms with E-state index in [0.29, 0.717) is 0 Å². The van der Waals surface area contributed by atoms with Crippen molar-refractivity contribution in [2.45, 2.75) is 6.92 Å².